The molecule has 1 unspecified atom stereocenters. The van der Waals surface area contributed by atoms with Crippen molar-refractivity contribution in [2.24, 2.45) is 5.84 Å². The van der Waals surface area contributed by atoms with Gasteiger partial charge in [0.25, 0.3) is 0 Å². The summed E-state index contributed by atoms with van der Waals surface area (Å²) in [5.41, 5.74) is 3.82. The summed E-state index contributed by atoms with van der Waals surface area (Å²) in [6.45, 7) is 7.34. The molecule has 1 aromatic rings. The second-order valence-corrected chi connectivity index (χ2v) is 4.49. The van der Waals surface area contributed by atoms with E-state index in [4.69, 9.17) is 15.3 Å². The molecule has 0 saturated heterocycles. The first-order valence-corrected chi connectivity index (χ1v) is 6.48. The van der Waals surface area contributed by atoms with Crippen molar-refractivity contribution in [3.63, 3.8) is 0 Å². The number of hydrogen-bond acceptors (Lipinski definition) is 4. The first kappa shape index (κ1) is 15.0. The molecule has 1 aromatic carbocycles. The van der Waals surface area contributed by atoms with Gasteiger partial charge in [-0.2, -0.15) is 0 Å². The highest BCUT2D eigenvalue weighted by molar-refractivity contribution is 5.36. The SMILES string of the molecule is CCCOc1ccccc1C(COC(C)C)NN. The molecule has 102 valence electrons. The maximum absolute atomic E-state index is 5.72. The molecule has 0 aliphatic carbocycles. The zero-order valence-electron chi connectivity index (χ0n) is 11.5. The van der Waals surface area contributed by atoms with Gasteiger partial charge in [0, 0.05) is 5.56 Å². The molecule has 4 heteroatoms. The normalized spacial score (nSPS) is 12.7. The van der Waals surface area contributed by atoms with Crippen LogP contribution in [0.2, 0.25) is 0 Å². The molecule has 4 nitrogen and oxygen atoms in total. The van der Waals surface area contributed by atoms with Crippen LogP contribution in [0.1, 0.15) is 38.8 Å². The molecule has 0 bridgehead atoms. The van der Waals surface area contributed by atoms with Crippen LogP contribution in [-0.4, -0.2) is 19.3 Å². The van der Waals surface area contributed by atoms with Crippen LogP contribution in [0, 0.1) is 0 Å². The number of hydrogen-bond donors (Lipinski definition) is 2. The Bertz CT molecular complexity index is 342. The van der Waals surface area contributed by atoms with Crippen molar-refractivity contribution in [1.82, 2.24) is 5.43 Å². The summed E-state index contributed by atoms with van der Waals surface area (Å²) < 4.78 is 11.3. The Labute approximate surface area is 109 Å². The van der Waals surface area contributed by atoms with Gasteiger partial charge in [-0.3, -0.25) is 11.3 Å². The van der Waals surface area contributed by atoms with E-state index in [1.54, 1.807) is 0 Å². The maximum atomic E-state index is 5.72. The molecule has 3 N–H and O–H groups in total. The monoisotopic (exact) mass is 252 g/mol. The minimum atomic E-state index is -0.0551. The molecule has 0 heterocycles. The second-order valence-electron chi connectivity index (χ2n) is 4.49. The van der Waals surface area contributed by atoms with E-state index in [1.807, 2.05) is 38.1 Å². The van der Waals surface area contributed by atoms with Gasteiger partial charge < -0.3 is 9.47 Å². The van der Waals surface area contributed by atoms with Crippen LogP contribution in [0.25, 0.3) is 0 Å². The number of hydrazine groups is 1. The van der Waals surface area contributed by atoms with Crippen LogP contribution in [-0.2, 0) is 4.74 Å². The van der Waals surface area contributed by atoms with E-state index >= 15 is 0 Å². The average Bonchev–Trinajstić information content (AvgIpc) is 2.38. The third kappa shape index (κ3) is 4.64. The molecule has 0 saturated carbocycles. The molecule has 1 atom stereocenters. The predicted molar refractivity (Wildman–Crippen MR) is 73.4 cm³/mol. The van der Waals surface area contributed by atoms with Gasteiger partial charge >= 0.3 is 0 Å². The Morgan fingerprint density at radius 2 is 2.00 bits per heavy atom. The molecule has 1 rings (SSSR count). The smallest absolute Gasteiger partial charge is 0.124 e. The second kappa shape index (κ2) is 8.08. The first-order valence-electron chi connectivity index (χ1n) is 6.48. The van der Waals surface area contributed by atoms with E-state index in [2.05, 4.69) is 12.3 Å². The fourth-order valence-electron chi connectivity index (χ4n) is 1.63. The summed E-state index contributed by atoms with van der Waals surface area (Å²) in [6, 6.07) is 7.86. The van der Waals surface area contributed by atoms with Gasteiger partial charge in [-0.05, 0) is 26.3 Å². The lowest BCUT2D eigenvalue weighted by molar-refractivity contribution is 0.0605. The minimum Gasteiger partial charge on any atom is -0.493 e. The summed E-state index contributed by atoms with van der Waals surface area (Å²) in [6.07, 6.45) is 1.17. The van der Waals surface area contributed by atoms with Crippen molar-refractivity contribution >= 4 is 0 Å². The number of ether oxygens (including phenoxy) is 2. The molecular weight excluding hydrogens is 228 g/mol. The van der Waals surface area contributed by atoms with E-state index in [-0.39, 0.29) is 12.1 Å². The zero-order chi connectivity index (χ0) is 13.4. The Kier molecular flexibility index (Phi) is 6.72. The highest BCUT2D eigenvalue weighted by atomic mass is 16.5. The van der Waals surface area contributed by atoms with Crippen molar-refractivity contribution in [2.45, 2.75) is 39.3 Å². The van der Waals surface area contributed by atoms with Crippen molar-refractivity contribution in [2.75, 3.05) is 13.2 Å². The lowest BCUT2D eigenvalue weighted by Crippen LogP contribution is -2.32. The van der Waals surface area contributed by atoms with Gasteiger partial charge in [0.1, 0.15) is 5.75 Å². The van der Waals surface area contributed by atoms with Gasteiger partial charge in [-0.25, -0.2) is 0 Å². The lowest BCUT2D eigenvalue weighted by atomic mass is 10.1. The number of rotatable bonds is 8. The average molecular weight is 252 g/mol. The van der Waals surface area contributed by atoms with Gasteiger partial charge in [0.05, 0.1) is 25.4 Å². The zero-order valence-corrected chi connectivity index (χ0v) is 11.5. The van der Waals surface area contributed by atoms with Crippen LogP contribution in [0.4, 0.5) is 0 Å². The van der Waals surface area contributed by atoms with Crippen LogP contribution in [0.5, 0.6) is 5.75 Å². The van der Waals surface area contributed by atoms with Crippen LogP contribution in [0.15, 0.2) is 24.3 Å². The number of nitrogens with one attached hydrogen (secondary N) is 1. The molecule has 0 aromatic heterocycles. The van der Waals surface area contributed by atoms with E-state index in [0.29, 0.717) is 13.2 Å². The van der Waals surface area contributed by atoms with Gasteiger partial charge in [-0.15, -0.1) is 0 Å². The van der Waals surface area contributed by atoms with E-state index in [1.165, 1.54) is 0 Å². The van der Waals surface area contributed by atoms with Gasteiger partial charge in [0.2, 0.25) is 0 Å². The highest BCUT2D eigenvalue weighted by Gasteiger charge is 2.15. The van der Waals surface area contributed by atoms with Gasteiger partial charge in [0.15, 0.2) is 0 Å². The molecule has 18 heavy (non-hydrogen) atoms. The molecule has 0 radical (unpaired) electrons. The third-order valence-electron chi connectivity index (χ3n) is 2.55. The molecular formula is C14H24N2O2. The van der Waals surface area contributed by atoms with Crippen LogP contribution >= 0.6 is 0 Å². The van der Waals surface area contributed by atoms with Crippen LogP contribution in [0.3, 0.4) is 0 Å². The van der Waals surface area contributed by atoms with Crippen molar-refractivity contribution in [1.29, 1.82) is 0 Å². The van der Waals surface area contributed by atoms with E-state index in [0.717, 1.165) is 17.7 Å². The van der Waals surface area contributed by atoms with Crippen molar-refractivity contribution in [3.05, 3.63) is 29.8 Å². The number of benzene rings is 1. The molecule has 0 spiro atoms. The van der Waals surface area contributed by atoms with Crippen molar-refractivity contribution < 1.29 is 9.47 Å². The summed E-state index contributed by atoms with van der Waals surface area (Å²) >= 11 is 0. The fourth-order valence-corrected chi connectivity index (χ4v) is 1.63. The Hall–Kier alpha value is -1.10. The number of nitrogens with two attached hydrogens (primary N) is 1. The predicted octanol–water partition coefficient (Wildman–Crippen LogP) is 2.40. The fraction of sp³-hybridized carbons (Fsp3) is 0.571. The Balaban J connectivity index is 2.76. The molecule has 0 aliphatic rings. The summed E-state index contributed by atoms with van der Waals surface area (Å²) in [4.78, 5) is 0. The molecule has 0 fully saturated rings. The van der Waals surface area contributed by atoms with Gasteiger partial charge in [-0.1, -0.05) is 25.1 Å². The Morgan fingerprint density at radius 3 is 2.61 bits per heavy atom. The third-order valence-corrected chi connectivity index (χ3v) is 2.55. The topological polar surface area (TPSA) is 56.5 Å². The largest absolute Gasteiger partial charge is 0.493 e. The highest BCUT2D eigenvalue weighted by Crippen LogP contribution is 2.25. The van der Waals surface area contributed by atoms with E-state index in [9.17, 15) is 0 Å². The Morgan fingerprint density at radius 1 is 1.28 bits per heavy atom. The maximum Gasteiger partial charge on any atom is 0.124 e. The molecule has 0 aliphatic heterocycles. The first-order chi connectivity index (χ1) is 8.69. The minimum absolute atomic E-state index is 0.0551. The number of para-hydroxylation sites is 1. The standard InChI is InChI=1S/C14H24N2O2/c1-4-9-17-14-8-6-5-7-12(14)13(16-15)10-18-11(2)3/h5-8,11,13,16H,4,9-10,15H2,1-3H3. The lowest BCUT2D eigenvalue weighted by Gasteiger charge is -2.21. The van der Waals surface area contributed by atoms with E-state index < -0.39 is 0 Å². The van der Waals surface area contributed by atoms with Crippen LogP contribution < -0.4 is 16.0 Å². The summed E-state index contributed by atoms with van der Waals surface area (Å²) in [5.74, 6) is 6.47. The van der Waals surface area contributed by atoms with Crippen molar-refractivity contribution in [3.8, 4) is 5.75 Å². The molecule has 0 amide bonds. The quantitative estimate of drug-likeness (QED) is 0.551. The summed E-state index contributed by atoms with van der Waals surface area (Å²) in [5, 5.41) is 0. The summed E-state index contributed by atoms with van der Waals surface area (Å²) in [7, 11) is 0.